The van der Waals surface area contributed by atoms with Crippen LogP contribution in [0.5, 0.6) is 0 Å². The Bertz CT molecular complexity index is 878. The second-order valence-corrected chi connectivity index (χ2v) is 7.32. The number of carbonyl (C=O) groups excluding carboxylic acids is 1. The maximum Gasteiger partial charge on any atom is 0.227 e. The van der Waals surface area contributed by atoms with Crippen LogP contribution in [0.4, 0.5) is 0 Å². The van der Waals surface area contributed by atoms with E-state index in [9.17, 15) is 4.79 Å². The van der Waals surface area contributed by atoms with Gasteiger partial charge in [0.05, 0.1) is 19.6 Å². The second-order valence-electron chi connectivity index (χ2n) is 7.32. The smallest absolute Gasteiger partial charge is 0.227 e. The minimum atomic E-state index is -0.901. The number of hydrogen-bond acceptors (Lipinski definition) is 5. The van der Waals surface area contributed by atoms with Crippen molar-refractivity contribution in [3.8, 4) is 11.1 Å². The number of nitrogens with zero attached hydrogens (tertiary/aromatic N) is 3. The summed E-state index contributed by atoms with van der Waals surface area (Å²) >= 11 is 0. The lowest BCUT2D eigenvalue weighted by Crippen LogP contribution is -2.44. The van der Waals surface area contributed by atoms with E-state index in [1.54, 1.807) is 5.06 Å². The number of hydroxylamine groups is 2. The van der Waals surface area contributed by atoms with Crippen molar-refractivity contribution in [2.75, 3.05) is 33.4 Å². The van der Waals surface area contributed by atoms with Gasteiger partial charge in [-0.2, -0.15) is 0 Å². The molecule has 28 heavy (non-hydrogen) atoms. The molecule has 2 aromatic rings. The van der Waals surface area contributed by atoms with Gasteiger partial charge in [-0.05, 0) is 24.1 Å². The van der Waals surface area contributed by atoms with Crippen molar-refractivity contribution in [1.82, 2.24) is 9.96 Å². The Kier molecular flexibility index (Phi) is 5.15. The average molecular weight is 379 g/mol. The first-order valence-electron chi connectivity index (χ1n) is 9.58. The van der Waals surface area contributed by atoms with Gasteiger partial charge in [0.1, 0.15) is 0 Å². The minimum absolute atomic E-state index is 0.0437. The number of hydrogen-bond donors (Lipinski definition) is 0. The zero-order valence-electron chi connectivity index (χ0n) is 16.3. The Morgan fingerprint density at radius 1 is 1.04 bits per heavy atom. The van der Waals surface area contributed by atoms with E-state index in [2.05, 4.69) is 24.3 Å². The number of carbonyl (C=O) groups is 1. The van der Waals surface area contributed by atoms with Gasteiger partial charge < -0.3 is 9.64 Å². The summed E-state index contributed by atoms with van der Waals surface area (Å²) in [6.45, 7) is 4.28. The molecule has 0 aliphatic carbocycles. The van der Waals surface area contributed by atoms with Crippen LogP contribution in [-0.4, -0.2) is 60.8 Å². The summed E-state index contributed by atoms with van der Waals surface area (Å²) in [5, 5.41) is 1.66. The Hall–Kier alpha value is -2.70. The SMILES string of the molecule is CN1OC(C)(CC(=O)N2CCOCC2)N=C1c1cccc(-c2ccccc2)c1. The lowest BCUT2D eigenvalue weighted by Gasteiger charge is -2.29. The maximum atomic E-state index is 12.7. The molecule has 0 N–H and O–H groups in total. The van der Waals surface area contributed by atoms with E-state index in [0.717, 1.165) is 22.5 Å². The molecule has 0 saturated carbocycles. The maximum absolute atomic E-state index is 12.7. The van der Waals surface area contributed by atoms with Gasteiger partial charge >= 0.3 is 0 Å². The number of ether oxygens (including phenoxy) is 1. The van der Waals surface area contributed by atoms with Crippen molar-refractivity contribution in [1.29, 1.82) is 0 Å². The molecular weight excluding hydrogens is 354 g/mol. The molecule has 1 atom stereocenters. The van der Waals surface area contributed by atoms with Crippen molar-refractivity contribution >= 4 is 11.7 Å². The van der Waals surface area contributed by atoms with Crippen LogP contribution in [0.1, 0.15) is 18.9 Å². The fourth-order valence-electron chi connectivity index (χ4n) is 3.64. The first-order chi connectivity index (χ1) is 13.5. The van der Waals surface area contributed by atoms with Crippen molar-refractivity contribution in [3.05, 3.63) is 60.2 Å². The fraction of sp³-hybridized carbons (Fsp3) is 0.364. The molecule has 146 valence electrons. The van der Waals surface area contributed by atoms with Crippen LogP contribution in [0, 0.1) is 0 Å². The summed E-state index contributed by atoms with van der Waals surface area (Å²) in [6.07, 6.45) is 0.208. The summed E-state index contributed by atoms with van der Waals surface area (Å²) in [7, 11) is 1.83. The monoisotopic (exact) mass is 379 g/mol. The van der Waals surface area contributed by atoms with Crippen LogP contribution in [0.2, 0.25) is 0 Å². The molecule has 1 saturated heterocycles. The zero-order valence-corrected chi connectivity index (χ0v) is 16.3. The first kappa shape index (κ1) is 18.7. The predicted molar refractivity (Wildman–Crippen MR) is 108 cm³/mol. The molecule has 1 fully saturated rings. The Balaban J connectivity index is 1.55. The quantitative estimate of drug-likeness (QED) is 0.820. The fourth-order valence-corrected chi connectivity index (χ4v) is 3.64. The van der Waals surface area contributed by atoms with Gasteiger partial charge in [-0.15, -0.1) is 0 Å². The van der Waals surface area contributed by atoms with Gasteiger partial charge in [-0.3, -0.25) is 4.79 Å². The van der Waals surface area contributed by atoms with Crippen LogP contribution in [0.25, 0.3) is 11.1 Å². The van der Waals surface area contributed by atoms with E-state index < -0.39 is 5.72 Å². The lowest BCUT2D eigenvalue weighted by atomic mass is 10.0. The van der Waals surface area contributed by atoms with Crippen LogP contribution in [0.15, 0.2) is 59.6 Å². The number of amidine groups is 1. The van der Waals surface area contributed by atoms with Gasteiger partial charge in [0.2, 0.25) is 5.91 Å². The third kappa shape index (κ3) is 3.93. The van der Waals surface area contributed by atoms with E-state index >= 15 is 0 Å². The summed E-state index contributed by atoms with van der Waals surface area (Å²) < 4.78 is 5.32. The minimum Gasteiger partial charge on any atom is -0.378 e. The molecule has 0 bridgehead atoms. The third-order valence-electron chi connectivity index (χ3n) is 5.05. The van der Waals surface area contributed by atoms with E-state index in [1.807, 2.05) is 49.2 Å². The summed E-state index contributed by atoms with van der Waals surface area (Å²) in [6, 6.07) is 18.4. The molecule has 2 aliphatic rings. The highest BCUT2D eigenvalue weighted by molar-refractivity contribution is 6.00. The van der Waals surface area contributed by atoms with Gasteiger partial charge in [0.25, 0.3) is 0 Å². The van der Waals surface area contributed by atoms with Crippen LogP contribution < -0.4 is 0 Å². The molecule has 4 rings (SSSR count). The first-order valence-corrected chi connectivity index (χ1v) is 9.58. The molecule has 2 aromatic carbocycles. The van der Waals surface area contributed by atoms with Crippen LogP contribution in [0.3, 0.4) is 0 Å². The molecule has 6 heteroatoms. The Morgan fingerprint density at radius 2 is 1.71 bits per heavy atom. The molecule has 0 spiro atoms. The number of rotatable bonds is 4. The zero-order chi connectivity index (χ0) is 19.6. The highest BCUT2D eigenvalue weighted by Crippen LogP contribution is 2.30. The second kappa shape index (κ2) is 7.73. The van der Waals surface area contributed by atoms with E-state index in [0.29, 0.717) is 26.3 Å². The van der Waals surface area contributed by atoms with Crippen molar-refractivity contribution < 1.29 is 14.4 Å². The topological polar surface area (TPSA) is 54.4 Å². The molecule has 0 radical (unpaired) electrons. The van der Waals surface area contributed by atoms with Crippen LogP contribution >= 0.6 is 0 Å². The highest BCUT2D eigenvalue weighted by Gasteiger charge is 2.39. The van der Waals surface area contributed by atoms with Crippen molar-refractivity contribution in [3.63, 3.8) is 0 Å². The number of aliphatic imine (C=N–C) groups is 1. The number of morpholine rings is 1. The van der Waals surface area contributed by atoms with E-state index in [-0.39, 0.29) is 12.3 Å². The summed E-state index contributed by atoms with van der Waals surface area (Å²) in [4.78, 5) is 25.2. The predicted octanol–water partition coefficient (Wildman–Crippen LogP) is 2.94. The molecular formula is C22H25N3O3. The van der Waals surface area contributed by atoms with Gasteiger partial charge in [0, 0.05) is 25.7 Å². The van der Waals surface area contributed by atoms with Crippen LogP contribution in [-0.2, 0) is 14.4 Å². The van der Waals surface area contributed by atoms with Gasteiger partial charge in [0.15, 0.2) is 11.6 Å². The normalized spacial score (nSPS) is 22.3. The summed E-state index contributed by atoms with van der Waals surface area (Å²) in [5.74, 6) is 0.775. The van der Waals surface area contributed by atoms with Crippen molar-refractivity contribution in [2.24, 2.45) is 4.99 Å². The van der Waals surface area contributed by atoms with E-state index in [4.69, 9.17) is 14.6 Å². The third-order valence-corrected chi connectivity index (χ3v) is 5.05. The van der Waals surface area contributed by atoms with Gasteiger partial charge in [-0.25, -0.2) is 14.9 Å². The average Bonchev–Trinajstić information content (AvgIpc) is 3.03. The number of amides is 1. The lowest BCUT2D eigenvalue weighted by molar-refractivity contribution is -0.172. The molecule has 6 nitrogen and oxygen atoms in total. The molecule has 0 aromatic heterocycles. The number of benzene rings is 2. The highest BCUT2D eigenvalue weighted by atomic mass is 16.7. The standard InChI is InChI=1S/C22H25N3O3/c1-22(16-20(26)25-11-13-27-14-12-25)23-21(24(2)28-22)19-10-6-9-18(15-19)17-7-4-3-5-8-17/h3-10,15H,11-14,16H2,1-2H3. The largest absolute Gasteiger partial charge is 0.378 e. The molecule has 2 heterocycles. The Morgan fingerprint density at radius 3 is 2.46 bits per heavy atom. The summed E-state index contributed by atoms with van der Waals surface area (Å²) in [5.41, 5.74) is 2.33. The van der Waals surface area contributed by atoms with Gasteiger partial charge in [-0.1, -0.05) is 48.5 Å². The van der Waals surface area contributed by atoms with Crippen molar-refractivity contribution in [2.45, 2.75) is 19.1 Å². The Labute approximate surface area is 165 Å². The molecule has 2 aliphatic heterocycles. The molecule has 1 amide bonds. The molecule has 1 unspecified atom stereocenters. The van der Waals surface area contributed by atoms with E-state index in [1.165, 1.54) is 0 Å².